The molecule has 168 valence electrons. The standard InChI is InChI=1S/C25H31N5O2/c1-17-8-9-29(25(17)31)15-19-4-3-5-23(10-19)32-24-11-20(6-7-21(24)12-26)18(2)30-16-28-14-22(30)13-27/h3-6,10-11,14,16-18,21,25,31H,7-9,13,15,27H2,1-2H3/t17-,18?,21?,25?/m1/s1. The number of aliphatic hydroxyl groups excluding tert-OH is 1. The molecule has 0 saturated carbocycles. The predicted molar refractivity (Wildman–Crippen MR) is 122 cm³/mol. The second-order valence-corrected chi connectivity index (χ2v) is 8.74. The molecule has 1 aliphatic carbocycles. The zero-order chi connectivity index (χ0) is 22.7. The Kier molecular flexibility index (Phi) is 6.75. The Labute approximate surface area is 189 Å². The SMILES string of the molecule is CC(C1=CCC(C#N)C(Oc2cccc(CN3CC[C@@H](C)C3O)c2)=C1)n1cncc1CN. The number of aromatic nitrogens is 2. The number of allylic oxidation sites excluding steroid dienone is 4. The summed E-state index contributed by atoms with van der Waals surface area (Å²) < 4.78 is 8.28. The van der Waals surface area contributed by atoms with Crippen LogP contribution in [0.25, 0.3) is 0 Å². The van der Waals surface area contributed by atoms with Crippen molar-refractivity contribution in [2.24, 2.45) is 17.6 Å². The molecular weight excluding hydrogens is 402 g/mol. The van der Waals surface area contributed by atoms with Gasteiger partial charge in [-0.05, 0) is 55.0 Å². The van der Waals surface area contributed by atoms with Crippen LogP contribution in [0.3, 0.4) is 0 Å². The van der Waals surface area contributed by atoms with Crippen LogP contribution in [0.1, 0.15) is 44.0 Å². The Morgan fingerprint density at radius 1 is 1.41 bits per heavy atom. The van der Waals surface area contributed by atoms with Crippen molar-refractivity contribution in [1.29, 1.82) is 5.26 Å². The number of hydrogen-bond acceptors (Lipinski definition) is 6. The van der Waals surface area contributed by atoms with Gasteiger partial charge in [0, 0.05) is 25.8 Å². The summed E-state index contributed by atoms with van der Waals surface area (Å²) in [5, 5.41) is 20.0. The van der Waals surface area contributed by atoms with E-state index in [1.807, 2.05) is 30.3 Å². The van der Waals surface area contributed by atoms with Crippen LogP contribution in [0.5, 0.6) is 5.75 Å². The fourth-order valence-corrected chi connectivity index (χ4v) is 4.46. The molecule has 1 aromatic heterocycles. The zero-order valence-corrected chi connectivity index (χ0v) is 18.7. The molecule has 4 rings (SSSR count). The third-order valence-electron chi connectivity index (χ3n) is 6.53. The van der Waals surface area contributed by atoms with E-state index in [0.717, 1.165) is 29.8 Å². The Hall–Kier alpha value is -2.92. The van der Waals surface area contributed by atoms with Gasteiger partial charge < -0.3 is 20.1 Å². The van der Waals surface area contributed by atoms with Crippen LogP contribution >= 0.6 is 0 Å². The van der Waals surface area contributed by atoms with Crippen molar-refractivity contribution < 1.29 is 9.84 Å². The molecule has 1 aliphatic heterocycles. The van der Waals surface area contributed by atoms with Crippen molar-refractivity contribution in [1.82, 2.24) is 14.5 Å². The number of aliphatic hydroxyl groups is 1. The van der Waals surface area contributed by atoms with Crippen LogP contribution in [0, 0.1) is 23.2 Å². The van der Waals surface area contributed by atoms with E-state index in [1.54, 1.807) is 12.5 Å². The van der Waals surface area contributed by atoms with E-state index in [1.165, 1.54) is 0 Å². The Balaban J connectivity index is 1.52. The number of hydrogen-bond donors (Lipinski definition) is 2. The minimum atomic E-state index is -0.403. The molecule has 0 amide bonds. The second kappa shape index (κ2) is 9.70. The summed E-state index contributed by atoms with van der Waals surface area (Å²) in [5.74, 6) is 1.32. The number of ether oxygens (including phenoxy) is 1. The first-order chi connectivity index (χ1) is 15.5. The summed E-state index contributed by atoms with van der Waals surface area (Å²) >= 11 is 0. The van der Waals surface area contributed by atoms with Crippen LogP contribution in [-0.2, 0) is 13.1 Å². The summed E-state index contributed by atoms with van der Waals surface area (Å²) in [5.41, 5.74) is 8.96. The van der Waals surface area contributed by atoms with Crippen molar-refractivity contribution in [3.63, 3.8) is 0 Å². The lowest BCUT2D eigenvalue weighted by Crippen LogP contribution is -2.31. The topological polar surface area (TPSA) is 100 Å². The van der Waals surface area contributed by atoms with Crippen LogP contribution in [0.2, 0.25) is 0 Å². The van der Waals surface area contributed by atoms with Crippen molar-refractivity contribution in [2.45, 2.75) is 52.0 Å². The molecule has 1 saturated heterocycles. The third kappa shape index (κ3) is 4.63. The van der Waals surface area contributed by atoms with Crippen LogP contribution in [0.4, 0.5) is 0 Å². The molecule has 2 aromatic rings. The van der Waals surface area contributed by atoms with E-state index in [0.29, 0.717) is 36.9 Å². The number of nitriles is 1. The van der Waals surface area contributed by atoms with Crippen molar-refractivity contribution in [2.75, 3.05) is 6.54 Å². The smallest absolute Gasteiger partial charge is 0.127 e. The highest BCUT2D eigenvalue weighted by Gasteiger charge is 2.29. The average molecular weight is 434 g/mol. The molecule has 0 radical (unpaired) electrons. The first-order valence-electron chi connectivity index (χ1n) is 11.2. The normalized spacial score (nSPS) is 24.5. The van der Waals surface area contributed by atoms with Gasteiger partial charge in [-0.25, -0.2) is 4.98 Å². The molecular formula is C25H31N5O2. The van der Waals surface area contributed by atoms with Gasteiger partial charge >= 0.3 is 0 Å². The van der Waals surface area contributed by atoms with Gasteiger partial charge in [0.15, 0.2) is 0 Å². The average Bonchev–Trinajstić information content (AvgIpc) is 3.41. The van der Waals surface area contributed by atoms with Crippen molar-refractivity contribution in [3.8, 4) is 11.8 Å². The summed E-state index contributed by atoms with van der Waals surface area (Å²) in [6.07, 6.45) is 8.84. The van der Waals surface area contributed by atoms with Gasteiger partial charge in [-0.15, -0.1) is 0 Å². The fourth-order valence-electron chi connectivity index (χ4n) is 4.46. The monoisotopic (exact) mass is 433 g/mol. The molecule has 4 atom stereocenters. The van der Waals surface area contributed by atoms with E-state index in [-0.39, 0.29) is 12.0 Å². The Morgan fingerprint density at radius 2 is 2.25 bits per heavy atom. The third-order valence-corrected chi connectivity index (χ3v) is 6.53. The maximum Gasteiger partial charge on any atom is 0.127 e. The maximum atomic E-state index is 10.3. The highest BCUT2D eigenvalue weighted by Crippen LogP contribution is 2.32. The van der Waals surface area contributed by atoms with Crippen molar-refractivity contribution >= 4 is 0 Å². The van der Waals surface area contributed by atoms with Gasteiger partial charge in [-0.2, -0.15) is 5.26 Å². The van der Waals surface area contributed by atoms with E-state index >= 15 is 0 Å². The highest BCUT2D eigenvalue weighted by atomic mass is 16.5. The molecule has 7 nitrogen and oxygen atoms in total. The quantitative estimate of drug-likeness (QED) is 0.693. The number of likely N-dealkylation sites (tertiary alicyclic amines) is 1. The van der Waals surface area contributed by atoms with E-state index in [2.05, 4.69) is 40.4 Å². The molecule has 1 aromatic carbocycles. The first kappa shape index (κ1) is 22.3. The van der Waals surface area contributed by atoms with Crippen molar-refractivity contribution in [3.05, 3.63) is 71.5 Å². The summed E-state index contributed by atoms with van der Waals surface area (Å²) in [7, 11) is 0. The zero-order valence-electron chi connectivity index (χ0n) is 18.7. The van der Waals surface area contributed by atoms with E-state index < -0.39 is 6.23 Å². The minimum Gasteiger partial charge on any atom is -0.460 e. The summed E-state index contributed by atoms with van der Waals surface area (Å²) in [6.45, 7) is 6.15. The first-order valence-corrected chi connectivity index (χ1v) is 11.2. The highest BCUT2D eigenvalue weighted by molar-refractivity contribution is 5.37. The maximum absolute atomic E-state index is 10.3. The molecule has 32 heavy (non-hydrogen) atoms. The van der Waals surface area contributed by atoms with Gasteiger partial charge in [0.25, 0.3) is 0 Å². The number of benzene rings is 1. The number of nitrogens with two attached hydrogens (primary N) is 1. The van der Waals surface area contributed by atoms with E-state index in [4.69, 9.17) is 10.5 Å². The van der Waals surface area contributed by atoms with E-state index in [9.17, 15) is 10.4 Å². The molecule has 2 heterocycles. The van der Waals surface area contributed by atoms with Crippen LogP contribution < -0.4 is 10.5 Å². The summed E-state index contributed by atoms with van der Waals surface area (Å²) in [6, 6.07) is 10.3. The second-order valence-electron chi connectivity index (χ2n) is 8.74. The van der Waals surface area contributed by atoms with Gasteiger partial charge in [0.2, 0.25) is 0 Å². The van der Waals surface area contributed by atoms with Gasteiger partial charge in [0.1, 0.15) is 23.7 Å². The molecule has 0 bridgehead atoms. The molecule has 2 aliphatic rings. The minimum absolute atomic E-state index is 0.0410. The summed E-state index contributed by atoms with van der Waals surface area (Å²) in [4.78, 5) is 6.31. The number of rotatable bonds is 7. The molecule has 3 N–H and O–H groups in total. The lowest BCUT2D eigenvalue weighted by Gasteiger charge is -2.24. The Morgan fingerprint density at radius 3 is 2.97 bits per heavy atom. The fraction of sp³-hybridized carbons (Fsp3) is 0.440. The molecule has 3 unspecified atom stereocenters. The van der Waals surface area contributed by atoms with Crippen LogP contribution in [0.15, 0.2) is 60.3 Å². The lowest BCUT2D eigenvalue weighted by molar-refractivity contribution is 0.00753. The van der Waals surface area contributed by atoms with Gasteiger partial charge in [0.05, 0.1) is 24.1 Å². The molecule has 0 spiro atoms. The van der Waals surface area contributed by atoms with Gasteiger partial charge in [-0.3, -0.25) is 4.90 Å². The van der Waals surface area contributed by atoms with Gasteiger partial charge in [-0.1, -0.05) is 25.1 Å². The number of imidazole rings is 1. The number of nitrogens with zero attached hydrogens (tertiary/aromatic N) is 4. The molecule has 7 heteroatoms. The lowest BCUT2D eigenvalue weighted by atomic mass is 9.92. The van der Waals surface area contributed by atoms with Crippen LogP contribution in [-0.4, -0.2) is 32.3 Å². The Bertz CT molecular complexity index is 1050. The largest absolute Gasteiger partial charge is 0.460 e. The molecule has 1 fully saturated rings. The predicted octanol–water partition coefficient (Wildman–Crippen LogP) is 3.50.